The van der Waals surface area contributed by atoms with Crippen LogP contribution in [0.2, 0.25) is 0 Å². The number of thioether (sulfide) groups is 1. The molecule has 0 fully saturated rings. The second-order valence-corrected chi connectivity index (χ2v) is 21.7. The quantitative estimate of drug-likeness (QED) is 0.0241. The molecule has 6 aromatic rings. The Balaban J connectivity index is 0.000000307. The minimum Gasteiger partial charge on any atom is -0.473 e. The van der Waals surface area contributed by atoms with Crippen LogP contribution in [0.4, 0.5) is 9.59 Å². The molecule has 8 rings (SSSR count). The molecule has 1 aliphatic carbocycles. The minimum atomic E-state index is -1.10. The maximum Gasteiger partial charge on any atom is 0.408 e. The highest BCUT2D eigenvalue weighted by Gasteiger charge is 2.42. The first-order valence-electron chi connectivity index (χ1n) is 25.9. The number of methoxy groups -OCH3 is 1. The summed E-state index contributed by atoms with van der Waals surface area (Å²) in [5, 5.41) is 5.27. The number of alkyl carbamates (subject to hydrolysis) is 2. The van der Waals surface area contributed by atoms with Crippen LogP contribution in [0, 0.1) is 5.92 Å². The first-order valence-corrected chi connectivity index (χ1v) is 26.9. The molecular formula is C62H68N4O11S. The van der Waals surface area contributed by atoms with Gasteiger partial charge in [0.1, 0.15) is 43.0 Å². The van der Waals surface area contributed by atoms with Gasteiger partial charge in [-0.05, 0) is 97.7 Å². The molecule has 0 unspecified atom stereocenters. The van der Waals surface area contributed by atoms with Crippen LogP contribution in [0.1, 0.15) is 107 Å². The van der Waals surface area contributed by atoms with Crippen molar-refractivity contribution in [3.05, 3.63) is 197 Å². The highest BCUT2D eigenvalue weighted by molar-refractivity contribution is 8.00. The van der Waals surface area contributed by atoms with Gasteiger partial charge in [-0.25, -0.2) is 29.2 Å². The number of oxazole rings is 1. The van der Waals surface area contributed by atoms with Gasteiger partial charge in [0.05, 0.1) is 18.4 Å². The number of amides is 2. The van der Waals surface area contributed by atoms with E-state index in [1.807, 2.05) is 74.1 Å². The summed E-state index contributed by atoms with van der Waals surface area (Å²) in [6.07, 6.45) is 3.78. The van der Waals surface area contributed by atoms with Gasteiger partial charge in [-0.1, -0.05) is 159 Å². The van der Waals surface area contributed by atoms with Crippen LogP contribution in [0.5, 0.6) is 0 Å². The number of aliphatic imine (C=N–C) groups is 1. The Kier molecular flexibility index (Phi) is 19.5. The number of Topliss-reactive ketones (excluding diaryl/α,β-unsaturated/α-hetero) is 1. The predicted octanol–water partition coefficient (Wildman–Crippen LogP) is 11.5. The first kappa shape index (κ1) is 57.7. The van der Waals surface area contributed by atoms with Crippen LogP contribution in [-0.2, 0) is 49.4 Å². The number of fused-ring (bicyclic) bond motifs is 3. The third-order valence-corrected chi connectivity index (χ3v) is 14.4. The zero-order chi connectivity index (χ0) is 55.9. The lowest BCUT2D eigenvalue weighted by Gasteiger charge is -2.35. The molecule has 0 bridgehead atoms. The van der Waals surface area contributed by atoms with Crippen LogP contribution >= 0.6 is 11.8 Å². The number of rotatable bonds is 20. The van der Waals surface area contributed by atoms with Crippen LogP contribution in [0.3, 0.4) is 0 Å². The molecule has 16 heteroatoms. The number of benzene rings is 5. The van der Waals surface area contributed by atoms with E-state index in [2.05, 4.69) is 118 Å². The number of carbonyl (C=O) groups is 5. The molecule has 78 heavy (non-hydrogen) atoms. The molecule has 5 aromatic carbocycles. The molecule has 2 heterocycles. The van der Waals surface area contributed by atoms with E-state index in [4.69, 9.17) is 28.1 Å². The van der Waals surface area contributed by atoms with E-state index < -0.39 is 52.2 Å². The number of ether oxygens (including phenoxy) is 5. The van der Waals surface area contributed by atoms with Gasteiger partial charge in [0, 0.05) is 12.3 Å². The number of esters is 2. The molecule has 15 nitrogen and oxygen atoms in total. The van der Waals surface area contributed by atoms with E-state index in [1.165, 1.54) is 37.0 Å². The van der Waals surface area contributed by atoms with E-state index in [0.717, 1.165) is 28.0 Å². The van der Waals surface area contributed by atoms with Crippen molar-refractivity contribution >= 4 is 47.6 Å². The molecule has 408 valence electrons. The van der Waals surface area contributed by atoms with Crippen LogP contribution in [0.15, 0.2) is 167 Å². The summed E-state index contributed by atoms with van der Waals surface area (Å²) >= 11 is 1.84. The molecule has 0 saturated heterocycles. The second kappa shape index (κ2) is 26.4. The van der Waals surface area contributed by atoms with Crippen molar-refractivity contribution in [2.45, 2.75) is 102 Å². The summed E-state index contributed by atoms with van der Waals surface area (Å²) in [7, 11) is 1.29. The van der Waals surface area contributed by atoms with Gasteiger partial charge >= 0.3 is 24.1 Å². The van der Waals surface area contributed by atoms with Gasteiger partial charge < -0.3 is 38.7 Å². The first-order chi connectivity index (χ1) is 37.4. The Morgan fingerprint density at radius 2 is 1.35 bits per heavy atom. The number of aromatic nitrogens is 1. The Morgan fingerprint density at radius 3 is 1.87 bits per heavy atom. The summed E-state index contributed by atoms with van der Waals surface area (Å²) in [4.78, 5) is 70.6. The van der Waals surface area contributed by atoms with E-state index in [9.17, 15) is 24.0 Å². The average molecular weight is 1080 g/mol. The smallest absolute Gasteiger partial charge is 0.408 e. The molecule has 2 amide bonds. The van der Waals surface area contributed by atoms with Crippen molar-refractivity contribution in [1.29, 1.82) is 0 Å². The Bertz CT molecular complexity index is 2920. The topological polar surface area (TPSA) is 194 Å². The molecular weight excluding hydrogens is 1010 g/mol. The third kappa shape index (κ3) is 14.7. The zero-order valence-electron chi connectivity index (χ0n) is 45.4. The van der Waals surface area contributed by atoms with Gasteiger partial charge in [-0.3, -0.25) is 4.79 Å². The minimum absolute atomic E-state index is 0.0348. The molecule has 1 aromatic heterocycles. The van der Waals surface area contributed by atoms with Gasteiger partial charge in [0.25, 0.3) is 0 Å². The number of nitrogens with zero attached hydrogens (tertiary/aromatic N) is 2. The number of hydrogen-bond donors (Lipinski definition) is 2. The van der Waals surface area contributed by atoms with Crippen LogP contribution in [0.25, 0.3) is 11.1 Å². The highest BCUT2D eigenvalue weighted by Crippen LogP contribution is 2.49. The summed E-state index contributed by atoms with van der Waals surface area (Å²) in [5.74, 6) is -0.383. The fourth-order valence-corrected chi connectivity index (χ4v) is 10.6. The maximum absolute atomic E-state index is 13.5. The highest BCUT2D eigenvalue weighted by atomic mass is 32.2. The molecule has 1 aliphatic heterocycles. The lowest BCUT2D eigenvalue weighted by Crippen LogP contribution is -2.46. The zero-order valence-corrected chi connectivity index (χ0v) is 46.2. The lowest BCUT2D eigenvalue weighted by atomic mass is 9.84. The normalized spacial score (nSPS) is 15.6. The standard InChI is InChI=1S/C47H47NO5S.C15H21N3O6/c1-33(2)44(48-46(51)52-32-43-41-28-15-13-26-39(41)40-27-14-16-29-42(40)43)45(50)53-38(31-34(3)49)25-17-18-30-54-47(35-19-7-4-8-20-35,36-21-9-5-10-22-36)37-23-11-6-12-24-37;1-14(2,3)24-13(20)16-6-10-17-9(7-22-10)11-18-15(4,8-23-11)12(19)21-5/h4-17,19-29,33,38,43-44H,18,30-32H2,1-3H3,(H,48,51);7H,6,8H2,1-5H3,(H,16,20)/b25-17+;/t38-,44+;15-/m10/s1. The van der Waals surface area contributed by atoms with Gasteiger partial charge in [0.2, 0.25) is 11.8 Å². The lowest BCUT2D eigenvalue weighted by molar-refractivity contribution is -0.151. The molecule has 3 atom stereocenters. The fraction of sp³-hybridized carbons (Fsp3) is 0.339. The number of hydrogen-bond acceptors (Lipinski definition) is 14. The Hall–Kier alpha value is -7.98. The van der Waals surface area contributed by atoms with Crippen molar-refractivity contribution < 1.29 is 52.1 Å². The van der Waals surface area contributed by atoms with Gasteiger partial charge in [-0.15, -0.1) is 11.8 Å². The molecule has 0 radical (unpaired) electrons. The summed E-state index contributed by atoms with van der Waals surface area (Å²) in [6, 6.07) is 46.9. The van der Waals surface area contributed by atoms with Crippen molar-refractivity contribution in [3.8, 4) is 11.1 Å². The molecule has 2 aliphatic rings. The summed E-state index contributed by atoms with van der Waals surface area (Å²) < 4.78 is 31.6. The molecule has 0 saturated carbocycles. The van der Waals surface area contributed by atoms with E-state index in [-0.39, 0.29) is 55.6 Å². The fourth-order valence-electron chi connectivity index (χ4n) is 9.12. The maximum atomic E-state index is 13.5. The number of carbonyl (C=O) groups excluding carboxylic acids is 5. The van der Waals surface area contributed by atoms with Gasteiger partial charge in [-0.2, -0.15) is 0 Å². The Morgan fingerprint density at radius 1 is 0.795 bits per heavy atom. The van der Waals surface area contributed by atoms with Crippen molar-refractivity contribution in [2.75, 3.05) is 26.1 Å². The summed E-state index contributed by atoms with van der Waals surface area (Å²) in [6.45, 7) is 12.3. The SMILES string of the molecule is CC(=O)C[C@@H](/C=C/CCSC(c1ccccc1)(c1ccccc1)c1ccccc1)OC(=O)[C@@H](NC(=O)OCC1c2ccccc2-c2ccccc21)C(C)C.COC(=O)[C@]1(C)COC(c2coc(CNC(=O)OC(C)(C)C)n2)=N1. The number of nitrogens with one attached hydrogen (secondary N) is 2. The summed E-state index contributed by atoms with van der Waals surface area (Å²) in [5.41, 5.74) is 6.69. The van der Waals surface area contributed by atoms with E-state index in [1.54, 1.807) is 33.8 Å². The molecule has 0 spiro atoms. The largest absolute Gasteiger partial charge is 0.473 e. The van der Waals surface area contributed by atoms with Crippen molar-refractivity contribution in [1.82, 2.24) is 15.6 Å². The van der Waals surface area contributed by atoms with Crippen molar-refractivity contribution in [2.24, 2.45) is 10.9 Å². The number of allylic oxidation sites excluding steroid dienone is 1. The second-order valence-electron chi connectivity index (χ2n) is 20.4. The predicted molar refractivity (Wildman–Crippen MR) is 300 cm³/mol. The van der Waals surface area contributed by atoms with E-state index >= 15 is 0 Å². The van der Waals surface area contributed by atoms with Crippen LogP contribution < -0.4 is 10.6 Å². The third-order valence-electron chi connectivity index (χ3n) is 12.8. The van der Waals surface area contributed by atoms with Gasteiger partial charge in [0.15, 0.2) is 11.2 Å². The molecule has 2 N–H and O–H groups in total. The van der Waals surface area contributed by atoms with Crippen molar-refractivity contribution in [3.63, 3.8) is 0 Å². The van der Waals surface area contributed by atoms with Crippen LogP contribution in [-0.4, -0.2) is 90.2 Å². The van der Waals surface area contributed by atoms with E-state index in [0.29, 0.717) is 12.1 Å². The monoisotopic (exact) mass is 1080 g/mol. The average Bonchev–Trinajstić information content (AvgIpc) is 4.17. The Labute approximate surface area is 460 Å². The number of ketones is 1.